The van der Waals surface area contributed by atoms with Crippen LogP contribution in [-0.4, -0.2) is 47.5 Å². The monoisotopic (exact) mass is 428 g/mol. The number of anilines is 2. The molecule has 0 bridgehead atoms. The molecule has 0 spiro atoms. The van der Waals surface area contributed by atoms with Gasteiger partial charge in [-0.2, -0.15) is 0 Å². The van der Waals surface area contributed by atoms with Crippen molar-refractivity contribution in [2.45, 2.75) is 51.2 Å². The summed E-state index contributed by atoms with van der Waals surface area (Å²) in [6, 6.07) is 6.93. The van der Waals surface area contributed by atoms with E-state index in [9.17, 15) is 9.59 Å². The number of thiazole rings is 1. The lowest BCUT2D eigenvalue weighted by Gasteiger charge is -2.17. The summed E-state index contributed by atoms with van der Waals surface area (Å²) >= 11 is 1.44. The predicted octanol–water partition coefficient (Wildman–Crippen LogP) is 3.89. The van der Waals surface area contributed by atoms with Gasteiger partial charge in [0.2, 0.25) is 0 Å². The predicted molar refractivity (Wildman–Crippen MR) is 118 cm³/mol. The molecule has 1 aromatic carbocycles. The number of aromatic nitrogens is 1. The van der Waals surface area contributed by atoms with Gasteiger partial charge in [0, 0.05) is 29.8 Å². The summed E-state index contributed by atoms with van der Waals surface area (Å²) in [5, 5.41) is 8.32. The molecule has 0 aliphatic carbocycles. The molecule has 2 N–H and O–H groups in total. The quantitative estimate of drug-likeness (QED) is 0.729. The molecule has 2 aliphatic heterocycles. The van der Waals surface area contributed by atoms with E-state index in [-0.39, 0.29) is 11.8 Å². The SMILES string of the molecule is O=C(Nc1nc(CN2CCCCCC2)cs1)c1cccc(NC(=O)C2CCCO2)c1. The zero-order valence-corrected chi connectivity index (χ0v) is 17.9. The van der Waals surface area contributed by atoms with Gasteiger partial charge in [0.15, 0.2) is 5.13 Å². The van der Waals surface area contributed by atoms with Gasteiger partial charge in [-0.25, -0.2) is 4.98 Å². The van der Waals surface area contributed by atoms with Crippen molar-refractivity contribution in [3.8, 4) is 0 Å². The summed E-state index contributed by atoms with van der Waals surface area (Å²) in [5.41, 5.74) is 2.06. The average molecular weight is 429 g/mol. The molecule has 1 atom stereocenters. The number of benzene rings is 1. The number of nitrogens with one attached hydrogen (secondary N) is 2. The zero-order chi connectivity index (χ0) is 20.8. The van der Waals surface area contributed by atoms with Crippen molar-refractivity contribution >= 4 is 34.0 Å². The number of carbonyl (C=O) groups is 2. The van der Waals surface area contributed by atoms with Crippen LogP contribution in [0.5, 0.6) is 0 Å². The third-order valence-electron chi connectivity index (χ3n) is 5.47. The van der Waals surface area contributed by atoms with E-state index in [1.54, 1.807) is 24.3 Å². The smallest absolute Gasteiger partial charge is 0.257 e. The van der Waals surface area contributed by atoms with Crippen LogP contribution in [0.2, 0.25) is 0 Å². The number of hydrogen-bond acceptors (Lipinski definition) is 6. The molecular weight excluding hydrogens is 400 g/mol. The van der Waals surface area contributed by atoms with Crippen molar-refractivity contribution < 1.29 is 14.3 Å². The van der Waals surface area contributed by atoms with Crippen molar-refractivity contribution in [3.05, 3.63) is 40.9 Å². The molecule has 2 aromatic rings. The van der Waals surface area contributed by atoms with Gasteiger partial charge in [0.1, 0.15) is 6.10 Å². The van der Waals surface area contributed by atoms with E-state index in [1.165, 1.54) is 37.0 Å². The Morgan fingerprint density at radius 3 is 2.73 bits per heavy atom. The van der Waals surface area contributed by atoms with Gasteiger partial charge in [-0.3, -0.25) is 19.8 Å². The molecule has 160 valence electrons. The molecule has 1 aromatic heterocycles. The van der Waals surface area contributed by atoms with E-state index >= 15 is 0 Å². The first kappa shape index (κ1) is 21.0. The molecule has 7 nitrogen and oxygen atoms in total. The second-order valence-corrected chi connectivity index (χ2v) is 8.72. The number of likely N-dealkylation sites (tertiary alicyclic amines) is 1. The largest absolute Gasteiger partial charge is 0.368 e. The van der Waals surface area contributed by atoms with Crippen LogP contribution >= 0.6 is 11.3 Å². The number of nitrogens with zero attached hydrogens (tertiary/aromatic N) is 2. The van der Waals surface area contributed by atoms with Gasteiger partial charge in [0.25, 0.3) is 11.8 Å². The summed E-state index contributed by atoms with van der Waals surface area (Å²) < 4.78 is 5.41. The number of hydrogen-bond donors (Lipinski definition) is 2. The molecule has 2 amide bonds. The number of ether oxygens (including phenoxy) is 1. The molecule has 0 saturated carbocycles. The summed E-state index contributed by atoms with van der Waals surface area (Å²) in [6.45, 7) is 3.68. The zero-order valence-electron chi connectivity index (χ0n) is 17.1. The van der Waals surface area contributed by atoms with Gasteiger partial charge in [-0.05, 0) is 57.0 Å². The first-order chi connectivity index (χ1) is 14.7. The van der Waals surface area contributed by atoms with E-state index in [4.69, 9.17) is 4.74 Å². The lowest BCUT2D eigenvalue weighted by Crippen LogP contribution is -2.27. The standard InChI is InChI=1S/C22H28N4O3S/c27-20(16-7-5-8-17(13-16)23-21(28)19-9-6-12-29-19)25-22-24-18(15-30-22)14-26-10-3-1-2-4-11-26/h5,7-8,13,15,19H,1-4,6,9-12,14H2,(H,23,28)(H,24,25,27). The first-order valence-electron chi connectivity index (χ1n) is 10.7. The fourth-order valence-corrected chi connectivity index (χ4v) is 4.57. The van der Waals surface area contributed by atoms with E-state index in [1.807, 2.05) is 5.38 Å². The van der Waals surface area contributed by atoms with Crippen LogP contribution < -0.4 is 10.6 Å². The Morgan fingerprint density at radius 1 is 1.13 bits per heavy atom. The van der Waals surface area contributed by atoms with E-state index < -0.39 is 6.10 Å². The fourth-order valence-electron chi connectivity index (χ4n) is 3.88. The minimum absolute atomic E-state index is 0.164. The minimum atomic E-state index is -0.402. The van der Waals surface area contributed by atoms with Crippen LogP contribution in [0.15, 0.2) is 29.6 Å². The molecule has 0 radical (unpaired) electrons. The highest BCUT2D eigenvalue weighted by Crippen LogP contribution is 2.21. The maximum atomic E-state index is 12.7. The lowest BCUT2D eigenvalue weighted by molar-refractivity contribution is -0.124. The lowest BCUT2D eigenvalue weighted by atomic mass is 10.1. The Kier molecular flexibility index (Phi) is 7.09. The molecule has 8 heteroatoms. The summed E-state index contributed by atoms with van der Waals surface area (Å²) in [4.78, 5) is 31.9. The van der Waals surface area contributed by atoms with Crippen molar-refractivity contribution in [1.29, 1.82) is 0 Å². The van der Waals surface area contributed by atoms with Crippen molar-refractivity contribution in [2.24, 2.45) is 0 Å². The Labute approximate surface area is 180 Å². The Morgan fingerprint density at radius 2 is 1.97 bits per heavy atom. The molecule has 30 heavy (non-hydrogen) atoms. The highest BCUT2D eigenvalue weighted by Gasteiger charge is 2.23. The van der Waals surface area contributed by atoms with Crippen molar-refractivity contribution in [1.82, 2.24) is 9.88 Å². The van der Waals surface area contributed by atoms with Gasteiger partial charge in [-0.15, -0.1) is 11.3 Å². The van der Waals surface area contributed by atoms with Gasteiger partial charge >= 0.3 is 0 Å². The molecular formula is C22H28N4O3S. The molecule has 2 saturated heterocycles. The average Bonchev–Trinajstić information content (AvgIpc) is 3.37. The third-order valence-corrected chi connectivity index (χ3v) is 6.28. The highest BCUT2D eigenvalue weighted by atomic mass is 32.1. The maximum Gasteiger partial charge on any atom is 0.257 e. The molecule has 2 aliphatic rings. The number of amides is 2. The van der Waals surface area contributed by atoms with E-state index in [2.05, 4.69) is 20.5 Å². The molecule has 2 fully saturated rings. The summed E-state index contributed by atoms with van der Waals surface area (Å²) in [5.74, 6) is -0.401. The molecule has 4 rings (SSSR count). The summed E-state index contributed by atoms with van der Waals surface area (Å²) in [6.07, 6.45) is 6.33. The summed E-state index contributed by atoms with van der Waals surface area (Å²) in [7, 11) is 0. The molecule has 3 heterocycles. The van der Waals surface area contributed by atoms with Crippen LogP contribution in [0.3, 0.4) is 0 Å². The first-order valence-corrected chi connectivity index (χ1v) is 11.6. The molecule has 1 unspecified atom stereocenters. The Bertz CT molecular complexity index is 871. The van der Waals surface area contributed by atoms with Crippen LogP contribution in [0.25, 0.3) is 0 Å². The maximum absolute atomic E-state index is 12.7. The third kappa shape index (κ3) is 5.65. The van der Waals surface area contributed by atoms with E-state index in [0.717, 1.165) is 38.2 Å². The topological polar surface area (TPSA) is 83.6 Å². The normalized spacial score (nSPS) is 19.9. The second-order valence-electron chi connectivity index (χ2n) is 7.86. The van der Waals surface area contributed by atoms with E-state index in [0.29, 0.717) is 23.0 Å². The van der Waals surface area contributed by atoms with Gasteiger partial charge < -0.3 is 10.1 Å². The highest BCUT2D eigenvalue weighted by molar-refractivity contribution is 7.14. The number of rotatable bonds is 6. The Balaban J connectivity index is 1.33. The van der Waals surface area contributed by atoms with Crippen LogP contribution in [0.4, 0.5) is 10.8 Å². The van der Waals surface area contributed by atoms with Gasteiger partial charge in [0.05, 0.1) is 5.69 Å². The van der Waals surface area contributed by atoms with Crippen molar-refractivity contribution in [2.75, 3.05) is 30.3 Å². The second kappa shape index (κ2) is 10.1. The fraction of sp³-hybridized carbons (Fsp3) is 0.500. The minimum Gasteiger partial charge on any atom is -0.368 e. The Hall–Kier alpha value is -2.29. The van der Waals surface area contributed by atoms with Crippen LogP contribution in [-0.2, 0) is 16.1 Å². The van der Waals surface area contributed by atoms with Crippen LogP contribution in [0, 0.1) is 0 Å². The van der Waals surface area contributed by atoms with Crippen LogP contribution in [0.1, 0.15) is 54.6 Å². The number of carbonyl (C=O) groups excluding carboxylic acids is 2. The van der Waals surface area contributed by atoms with Gasteiger partial charge in [-0.1, -0.05) is 18.9 Å². The van der Waals surface area contributed by atoms with Crippen molar-refractivity contribution in [3.63, 3.8) is 0 Å².